The Morgan fingerprint density at radius 3 is 1.76 bits per heavy atom. The van der Waals surface area contributed by atoms with Crippen molar-refractivity contribution < 1.29 is 4.84 Å². The highest BCUT2D eigenvalue weighted by atomic mass is 16.7. The lowest BCUT2D eigenvalue weighted by Gasteiger charge is -2.20. The Balaban J connectivity index is 3.25. The molecule has 0 heterocycles. The van der Waals surface area contributed by atoms with Gasteiger partial charge >= 0.3 is 0 Å². The number of nitrogens with zero attached hydrogens (tertiary/aromatic N) is 1. The van der Waals surface area contributed by atoms with Crippen molar-refractivity contribution >= 4 is 0 Å². The minimum Gasteiger partial charge on any atom is -0.330 e. The van der Waals surface area contributed by atoms with E-state index in [-0.39, 0.29) is 0 Å². The van der Waals surface area contributed by atoms with E-state index >= 15 is 0 Å². The van der Waals surface area contributed by atoms with Crippen molar-refractivity contribution in [2.24, 2.45) is 5.73 Å². The highest BCUT2D eigenvalue weighted by Crippen LogP contribution is 2.10. The molecule has 0 radical (unpaired) electrons. The van der Waals surface area contributed by atoms with Crippen LogP contribution in [0.4, 0.5) is 0 Å². The van der Waals surface area contributed by atoms with Gasteiger partial charge in [-0.3, -0.25) is 4.84 Å². The van der Waals surface area contributed by atoms with Crippen LogP contribution in [0.5, 0.6) is 0 Å². The summed E-state index contributed by atoms with van der Waals surface area (Å²) < 4.78 is 0. The maximum absolute atomic E-state index is 5.83. The molecule has 0 aliphatic rings. The molecule has 0 aromatic heterocycles. The molecular weight excluding hydrogens is 260 g/mol. The quantitative estimate of drug-likeness (QED) is 0.307. The summed E-state index contributed by atoms with van der Waals surface area (Å²) in [5, 5.41) is 2.10. The van der Waals surface area contributed by atoms with Gasteiger partial charge in [0.05, 0.1) is 6.61 Å². The van der Waals surface area contributed by atoms with E-state index < -0.39 is 0 Å². The average Bonchev–Trinajstić information content (AvgIpc) is 2.50. The van der Waals surface area contributed by atoms with Crippen LogP contribution in [0.3, 0.4) is 0 Å². The molecule has 0 aliphatic heterocycles. The molecule has 2 N–H and O–H groups in total. The first kappa shape index (κ1) is 20.9. The van der Waals surface area contributed by atoms with Gasteiger partial charge in [0, 0.05) is 13.1 Å². The van der Waals surface area contributed by atoms with Crippen LogP contribution >= 0.6 is 0 Å². The maximum Gasteiger partial charge on any atom is 0.0685 e. The minimum absolute atomic E-state index is 0.752. The topological polar surface area (TPSA) is 38.5 Å². The van der Waals surface area contributed by atoms with Crippen molar-refractivity contribution in [1.29, 1.82) is 0 Å². The molecular formula is C18H40N2O. The molecule has 128 valence electrons. The van der Waals surface area contributed by atoms with Crippen LogP contribution in [0, 0.1) is 0 Å². The largest absolute Gasteiger partial charge is 0.330 e. The molecule has 0 atom stereocenters. The minimum atomic E-state index is 0.752. The standard InChI is InChI=1S/C18H40N2O/c1-3-5-6-7-8-9-10-11-12-13-18-21-20(16-4-2)17-14-15-19/h3-19H2,1-2H3. The van der Waals surface area contributed by atoms with E-state index in [0.717, 1.165) is 39.1 Å². The van der Waals surface area contributed by atoms with Crippen LogP contribution < -0.4 is 5.73 Å². The summed E-state index contributed by atoms with van der Waals surface area (Å²) in [6.45, 7) is 8.10. The monoisotopic (exact) mass is 300 g/mol. The van der Waals surface area contributed by atoms with Crippen molar-refractivity contribution in [1.82, 2.24) is 5.06 Å². The summed E-state index contributed by atoms with van der Waals surface area (Å²) in [5.41, 5.74) is 5.55. The Hall–Kier alpha value is -0.120. The van der Waals surface area contributed by atoms with E-state index in [1.54, 1.807) is 0 Å². The fraction of sp³-hybridized carbons (Fsp3) is 1.00. The smallest absolute Gasteiger partial charge is 0.0685 e. The Labute approximate surface area is 133 Å². The van der Waals surface area contributed by atoms with Gasteiger partial charge in [-0.15, -0.1) is 0 Å². The van der Waals surface area contributed by atoms with Gasteiger partial charge in [-0.25, -0.2) is 0 Å². The van der Waals surface area contributed by atoms with Gasteiger partial charge in [0.2, 0.25) is 0 Å². The Bertz CT molecular complexity index is 188. The zero-order valence-electron chi connectivity index (χ0n) is 14.7. The second-order valence-electron chi connectivity index (χ2n) is 6.09. The van der Waals surface area contributed by atoms with Gasteiger partial charge < -0.3 is 5.73 Å². The molecule has 0 amide bonds. The third kappa shape index (κ3) is 16.1. The van der Waals surface area contributed by atoms with Crippen molar-refractivity contribution in [2.45, 2.75) is 90.9 Å². The summed E-state index contributed by atoms with van der Waals surface area (Å²) in [6.07, 6.45) is 15.9. The van der Waals surface area contributed by atoms with Gasteiger partial charge in [-0.1, -0.05) is 71.6 Å². The summed E-state index contributed by atoms with van der Waals surface area (Å²) in [6, 6.07) is 0. The van der Waals surface area contributed by atoms with E-state index in [9.17, 15) is 0 Å². The van der Waals surface area contributed by atoms with Crippen molar-refractivity contribution in [3.8, 4) is 0 Å². The van der Waals surface area contributed by atoms with Crippen LogP contribution in [-0.2, 0) is 4.84 Å². The lowest BCUT2D eigenvalue weighted by Crippen LogP contribution is -2.28. The Kier molecular flexibility index (Phi) is 17.8. The maximum atomic E-state index is 5.83. The fourth-order valence-electron chi connectivity index (χ4n) is 2.54. The first-order chi connectivity index (χ1) is 10.3. The number of hydrogen-bond donors (Lipinski definition) is 1. The zero-order chi connectivity index (χ0) is 15.6. The van der Waals surface area contributed by atoms with E-state index in [0.29, 0.717) is 0 Å². The highest BCUT2D eigenvalue weighted by Gasteiger charge is 2.03. The molecule has 0 unspecified atom stereocenters. The predicted octanol–water partition coefficient (Wildman–Crippen LogP) is 4.90. The van der Waals surface area contributed by atoms with Crippen LogP contribution in [0.2, 0.25) is 0 Å². The fourth-order valence-corrected chi connectivity index (χ4v) is 2.54. The number of hydrogen-bond acceptors (Lipinski definition) is 3. The van der Waals surface area contributed by atoms with Gasteiger partial charge in [-0.2, -0.15) is 5.06 Å². The molecule has 0 aromatic rings. The zero-order valence-corrected chi connectivity index (χ0v) is 14.7. The van der Waals surface area contributed by atoms with E-state index in [1.807, 2.05) is 0 Å². The van der Waals surface area contributed by atoms with Crippen LogP contribution in [0.15, 0.2) is 0 Å². The van der Waals surface area contributed by atoms with Crippen LogP contribution in [0.25, 0.3) is 0 Å². The SMILES string of the molecule is CCCCCCCCCCCCON(CCC)CCCN. The summed E-state index contributed by atoms with van der Waals surface area (Å²) >= 11 is 0. The summed E-state index contributed by atoms with van der Waals surface area (Å²) in [7, 11) is 0. The predicted molar refractivity (Wildman–Crippen MR) is 93.3 cm³/mol. The molecule has 0 saturated carbocycles. The van der Waals surface area contributed by atoms with E-state index in [1.165, 1.54) is 64.2 Å². The van der Waals surface area contributed by atoms with Gasteiger partial charge in [0.15, 0.2) is 0 Å². The lowest BCUT2D eigenvalue weighted by molar-refractivity contribution is -0.160. The Morgan fingerprint density at radius 1 is 0.667 bits per heavy atom. The normalized spacial score (nSPS) is 11.4. The third-order valence-corrected chi connectivity index (χ3v) is 3.86. The van der Waals surface area contributed by atoms with Gasteiger partial charge in [-0.05, 0) is 25.8 Å². The van der Waals surface area contributed by atoms with Gasteiger partial charge in [0.1, 0.15) is 0 Å². The molecule has 0 rings (SSSR count). The molecule has 0 bridgehead atoms. The summed E-state index contributed by atoms with van der Waals surface area (Å²) in [5.74, 6) is 0. The molecule has 0 aromatic carbocycles. The molecule has 3 nitrogen and oxygen atoms in total. The number of nitrogens with two attached hydrogens (primary N) is 1. The first-order valence-corrected chi connectivity index (χ1v) is 9.43. The lowest BCUT2D eigenvalue weighted by atomic mass is 10.1. The van der Waals surface area contributed by atoms with Crippen LogP contribution in [-0.4, -0.2) is 31.3 Å². The molecule has 3 heteroatoms. The second-order valence-corrected chi connectivity index (χ2v) is 6.09. The summed E-state index contributed by atoms with van der Waals surface area (Å²) in [4.78, 5) is 5.83. The number of unbranched alkanes of at least 4 members (excludes halogenated alkanes) is 9. The van der Waals surface area contributed by atoms with Crippen LogP contribution in [0.1, 0.15) is 90.9 Å². The van der Waals surface area contributed by atoms with Gasteiger partial charge in [0.25, 0.3) is 0 Å². The van der Waals surface area contributed by atoms with E-state index in [4.69, 9.17) is 10.6 Å². The van der Waals surface area contributed by atoms with Crippen molar-refractivity contribution in [2.75, 3.05) is 26.2 Å². The van der Waals surface area contributed by atoms with E-state index in [2.05, 4.69) is 18.9 Å². The second kappa shape index (κ2) is 17.9. The highest BCUT2D eigenvalue weighted by molar-refractivity contribution is 4.49. The number of rotatable bonds is 17. The van der Waals surface area contributed by atoms with Crippen molar-refractivity contribution in [3.05, 3.63) is 0 Å². The number of hydroxylamine groups is 2. The first-order valence-electron chi connectivity index (χ1n) is 9.43. The molecule has 0 spiro atoms. The Morgan fingerprint density at radius 2 is 1.24 bits per heavy atom. The average molecular weight is 301 g/mol. The molecule has 0 saturated heterocycles. The van der Waals surface area contributed by atoms with Crippen molar-refractivity contribution in [3.63, 3.8) is 0 Å². The molecule has 21 heavy (non-hydrogen) atoms. The third-order valence-electron chi connectivity index (χ3n) is 3.86. The molecule has 0 aliphatic carbocycles. The molecule has 0 fully saturated rings.